The van der Waals surface area contributed by atoms with Crippen molar-refractivity contribution in [2.75, 3.05) is 6.61 Å². The van der Waals surface area contributed by atoms with Crippen LogP contribution >= 0.6 is 0 Å². The van der Waals surface area contributed by atoms with E-state index < -0.39 is 17.8 Å². The minimum absolute atomic E-state index is 0.0892. The minimum atomic E-state index is -0.708. The standard InChI is InChI=1S/C14H21NO5/c1-14(2,3)19-13(18)15-20-12(7-8-16)10-5-4-6-11(17)9-10/h4-6,9,12,16-17H,7-8H2,1-3H3,(H,15,18). The van der Waals surface area contributed by atoms with Gasteiger partial charge in [0.1, 0.15) is 17.5 Å². The zero-order chi connectivity index (χ0) is 15.2. The molecule has 0 aliphatic heterocycles. The maximum Gasteiger partial charge on any atom is 0.431 e. The molecule has 1 aromatic carbocycles. The van der Waals surface area contributed by atoms with Gasteiger partial charge in [-0.25, -0.2) is 4.79 Å². The highest BCUT2D eigenvalue weighted by Gasteiger charge is 2.19. The molecular weight excluding hydrogens is 262 g/mol. The zero-order valence-corrected chi connectivity index (χ0v) is 11.9. The number of carbonyl (C=O) groups excluding carboxylic acids is 1. The van der Waals surface area contributed by atoms with Gasteiger partial charge in [0.05, 0.1) is 0 Å². The van der Waals surface area contributed by atoms with Crippen LogP contribution < -0.4 is 5.48 Å². The van der Waals surface area contributed by atoms with Gasteiger partial charge in [0.15, 0.2) is 0 Å². The van der Waals surface area contributed by atoms with Crippen LogP contribution in [0, 0.1) is 0 Å². The molecule has 1 unspecified atom stereocenters. The third-order valence-corrected chi connectivity index (χ3v) is 2.32. The van der Waals surface area contributed by atoms with Crippen LogP contribution in [0.25, 0.3) is 0 Å². The lowest BCUT2D eigenvalue weighted by atomic mass is 10.1. The molecule has 0 aliphatic carbocycles. The van der Waals surface area contributed by atoms with E-state index in [-0.39, 0.29) is 18.8 Å². The highest BCUT2D eigenvalue weighted by molar-refractivity contribution is 5.66. The van der Waals surface area contributed by atoms with E-state index in [4.69, 9.17) is 14.7 Å². The number of aliphatic hydroxyl groups excluding tert-OH is 1. The third kappa shape index (κ3) is 5.90. The van der Waals surface area contributed by atoms with Gasteiger partial charge in [0, 0.05) is 13.0 Å². The van der Waals surface area contributed by atoms with Crippen LogP contribution in [-0.4, -0.2) is 28.5 Å². The lowest BCUT2D eigenvalue weighted by molar-refractivity contribution is -0.0506. The summed E-state index contributed by atoms with van der Waals surface area (Å²) in [5, 5.41) is 18.5. The van der Waals surface area contributed by atoms with E-state index in [9.17, 15) is 9.90 Å². The number of nitrogens with one attached hydrogen (secondary N) is 1. The first-order valence-electron chi connectivity index (χ1n) is 6.36. The van der Waals surface area contributed by atoms with E-state index in [0.717, 1.165) is 0 Å². The van der Waals surface area contributed by atoms with Crippen molar-refractivity contribution in [3.8, 4) is 5.75 Å². The molecule has 0 aliphatic rings. The van der Waals surface area contributed by atoms with Crippen molar-refractivity contribution in [3.63, 3.8) is 0 Å². The number of amides is 1. The molecule has 6 nitrogen and oxygen atoms in total. The lowest BCUT2D eigenvalue weighted by Gasteiger charge is -2.22. The fraction of sp³-hybridized carbons (Fsp3) is 0.500. The number of hydrogen-bond donors (Lipinski definition) is 3. The Bertz CT molecular complexity index is 441. The van der Waals surface area contributed by atoms with Crippen LogP contribution in [0.4, 0.5) is 4.79 Å². The van der Waals surface area contributed by atoms with Gasteiger partial charge in [0.25, 0.3) is 0 Å². The average molecular weight is 283 g/mol. The number of hydroxylamine groups is 1. The molecular formula is C14H21NO5. The second kappa shape index (κ2) is 7.12. The summed E-state index contributed by atoms with van der Waals surface area (Å²) in [6, 6.07) is 6.43. The fourth-order valence-corrected chi connectivity index (χ4v) is 1.55. The van der Waals surface area contributed by atoms with Crippen molar-refractivity contribution in [1.82, 2.24) is 5.48 Å². The van der Waals surface area contributed by atoms with Crippen LogP contribution in [0.3, 0.4) is 0 Å². The van der Waals surface area contributed by atoms with Crippen LogP contribution in [-0.2, 0) is 9.57 Å². The Morgan fingerprint density at radius 2 is 2.10 bits per heavy atom. The maximum absolute atomic E-state index is 11.5. The largest absolute Gasteiger partial charge is 0.508 e. The molecule has 0 spiro atoms. The molecule has 0 aromatic heterocycles. The molecule has 20 heavy (non-hydrogen) atoms. The highest BCUT2D eigenvalue weighted by atomic mass is 16.7. The van der Waals surface area contributed by atoms with Crippen molar-refractivity contribution < 1.29 is 24.6 Å². The molecule has 0 saturated heterocycles. The first-order chi connectivity index (χ1) is 9.31. The number of aliphatic hydroxyl groups is 1. The van der Waals surface area contributed by atoms with Gasteiger partial charge in [-0.05, 0) is 38.5 Å². The number of benzene rings is 1. The van der Waals surface area contributed by atoms with Crippen LogP contribution in [0.15, 0.2) is 24.3 Å². The van der Waals surface area contributed by atoms with Crippen molar-refractivity contribution in [1.29, 1.82) is 0 Å². The van der Waals surface area contributed by atoms with E-state index >= 15 is 0 Å². The topological polar surface area (TPSA) is 88.0 Å². The first kappa shape index (κ1) is 16.3. The Kier molecular flexibility index (Phi) is 5.79. The molecule has 112 valence electrons. The van der Waals surface area contributed by atoms with E-state index in [1.165, 1.54) is 12.1 Å². The molecule has 3 N–H and O–H groups in total. The molecule has 0 radical (unpaired) electrons. The molecule has 1 aromatic rings. The predicted octanol–water partition coefficient (Wildman–Crippen LogP) is 2.27. The second-order valence-corrected chi connectivity index (χ2v) is 5.32. The van der Waals surface area contributed by atoms with Crippen LogP contribution in [0.2, 0.25) is 0 Å². The van der Waals surface area contributed by atoms with Gasteiger partial charge < -0.3 is 14.9 Å². The third-order valence-electron chi connectivity index (χ3n) is 2.32. The van der Waals surface area contributed by atoms with Crippen molar-refractivity contribution in [2.24, 2.45) is 0 Å². The Morgan fingerprint density at radius 1 is 1.40 bits per heavy atom. The smallest absolute Gasteiger partial charge is 0.431 e. The summed E-state index contributed by atoms with van der Waals surface area (Å²) in [5.74, 6) is 0.0892. The van der Waals surface area contributed by atoms with Crippen molar-refractivity contribution in [3.05, 3.63) is 29.8 Å². The van der Waals surface area contributed by atoms with Gasteiger partial charge in [0.2, 0.25) is 0 Å². The van der Waals surface area contributed by atoms with E-state index in [1.807, 2.05) is 0 Å². The van der Waals surface area contributed by atoms with E-state index in [1.54, 1.807) is 32.9 Å². The Balaban J connectivity index is 2.62. The number of hydrogen-bond acceptors (Lipinski definition) is 5. The summed E-state index contributed by atoms with van der Waals surface area (Å²) in [6.45, 7) is 5.11. The van der Waals surface area contributed by atoms with Gasteiger partial charge in [-0.2, -0.15) is 5.48 Å². The summed E-state index contributed by atoms with van der Waals surface area (Å²) >= 11 is 0. The van der Waals surface area contributed by atoms with Crippen LogP contribution in [0.5, 0.6) is 5.75 Å². The van der Waals surface area contributed by atoms with Crippen LogP contribution in [0.1, 0.15) is 38.9 Å². The summed E-state index contributed by atoms with van der Waals surface area (Å²) in [6.07, 6.45) is -1.00. The van der Waals surface area contributed by atoms with Gasteiger partial charge in [-0.3, -0.25) is 4.84 Å². The highest BCUT2D eigenvalue weighted by Crippen LogP contribution is 2.23. The van der Waals surface area contributed by atoms with Gasteiger partial charge >= 0.3 is 6.09 Å². The van der Waals surface area contributed by atoms with Gasteiger partial charge in [-0.15, -0.1) is 0 Å². The summed E-state index contributed by atoms with van der Waals surface area (Å²) < 4.78 is 5.04. The average Bonchev–Trinajstić information content (AvgIpc) is 2.32. The normalized spacial score (nSPS) is 12.8. The molecule has 6 heteroatoms. The number of aromatic hydroxyl groups is 1. The molecule has 0 bridgehead atoms. The number of phenolic OH excluding ortho intramolecular Hbond substituents is 1. The summed E-state index contributed by atoms with van der Waals surface area (Å²) in [7, 11) is 0. The van der Waals surface area contributed by atoms with E-state index in [0.29, 0.717) is 5.56 Å². The summed E-state index contributed by atoms with van der Waals surface area (Å²) in [4.78, 5) is 16.7. The lowest BCUT2D eigenvalue weighted by Crippen LogP contribution is -2.33. The first-order valence-corrected chi connectivity index (χ1v) is 6.36. The molecule has 0 saturated carbocycles. The molecule has 0 heterocycles. The molecule has 1 amide bonds. The number of phenols is 1. The number of rotatable bonds is 5. The fourth-order valence-electron chi connectivity index (χ4n) is 1.55. The van der Waals surface area contributed by atoms with Crippen molar-refractivity contribution >= 4 is 6.09 Å². The number of carbonyl (C=O) groups is 1. The molecule has 1 rings (SSSR count). The monoisotopic (exact) mass is 283 g/mol. The molecule has 1 atom stereocenters. The zero-order valence-electron chi connectivity index (χ0n) is 11.9. The maximum atomic E-state index is 11.5. The summed E-state index contributed by atoms with van der Waals surface area (Å²) in [5.41, 5.74) is 2.22. The predicted molar refractivity (Wildman–Crippen MR) is 73.0 cm³/mol. The van der Waals surface area contributed by atoms with Gasteiger partial charge in [-0.1, -0.05) is 12.1 Å². The van der Waals surface area contributed by atoms with Crippen molar-refractivity contribution in [2.45, 2.75) is 38.9 Å². The Morgan fingerprint density at radius 3 is 2.65 bits per heavy atom. The quantitative estimate of drug-likeness (QED) is 0.721. The Hall–Kier alpha value is -1.79. The SMILES string of the molecule is CC(C)(C)OC(=O)NOC(CCO)c1cccc(O)c1. The number of ether oxygens (including phenoxy) is 1. The minimum Gasteiger partial charge on any atom is -0.508 e. The second-order valence-electron chi connectivity index (χ2n) is 5.32. The Labute approximate surface area is 118 Å². The molecule has 0 fully saturated rings. The van der Waals surface area contributed by atoms with E-state index in [2.05, 4.69) is 5.48 Å².